The fourth-order valence-electron chi connectivity index (χ4n) is 3.29. The van der Waals surface area contributed by atoms with Crippen LogP contribution >= 0.6 is 0 Å². The van der Waals surface area contributed by atoms with E-state index in [0.717, 1.165) is 46.6 Å². The van der Waals surface area contributed by atoms with E-state index >= 15 is 0 Å². The summed E-state index contributed by atoms with van der Waals surface area (Å²) in [5.41, 5.74) is 5.95. The number of esters is 1. The normalized spacial score (nSPS) is 11.8. The number of oxime groups is 1. The SMILES string of the molecule is CCCON=C(CC)c1cc(C)c(OCc2ccccc2C(=COC)C(=O)OC)cc1C. The van der Waals surface area contributed by atoms with Crippen LogP contribution in [0, 0.1) is 13.8 Å². The monoisotopic (exact) mass is 439 g/mol. The second-order valence-electron chi connectivity index (χ2n) is 7.36. The molecule has 0 aliphatic rings. The molecule has 0 unspecified atom stereocenters. The van der Waals surface area contributed by atoms with Crippen molar-refractivity contribution >= 4 is 17.3 Å². The van der Waals surface area contributed by atoms with E-state index in [1.165, 1.54) is 20.5 Å². The van der Waals surface area contributed by atoms with Gasteiger partial charge in [0.1, 0.15) is 24.5 Å². The Labute approximate surface area is 190 Å². The second-order valence-corrected chi connectivity index (χ2v) is 7.36. The molecule has 32 heavy (non-hydrogen) atoms. The number of hydrogen-bond donors (Lipinski definition) is 0. The van der Waals surface area contributed by atoms with Crippen LogP contribution in [0.2, 0.25) is 0 Å². The third-order valence-corrected chi connectivity index (χ3v) is 4.97. The maximum Gasteiger partial charge on any atom is 0.341 e. The summed E-state index contributed by atoms with van der Waals surface area (Å²) in [6, 6.07) is 11.6. The molecule has 0 fully saturated rings. The van der Waals surface area contributed by atoms with E-state index < -0.39 is 5.97 Å². The molecule has 0 aliphatic carbocycles. The highest BCUT2D eigenvalue weighted by Gasteiger charge is 2.17. The molecule has 172 valence electrons. The van der Waals surface area contributed by atoms with Crippen LogP contribution in [0.4, 0.5) is 0 Å². The smallest absolute Gasteiger partial charge is 0.341 e. The molecule has 0 heterocycles. The first-order valence-corrected chi connectivity index (χ1v) is 10.8. The van der Waals surface area contributed by atoms with Crippen LogP contribution < -0.4 is 4.74 Å². The molecule has 2 rings (SSSR count). The van der Waals surface area contributed by atoms with Gasteiger partial charge in [-0.1, -0.05) is 43.3 Å². The van der Waals surface area contributed by atoms with Crippen molar-refractivity contribution in [1.82, 2.24) is 0 Å². The number of benzene rings is 2. The molecule has 0 saturated carbocycles. The van der Waals surface area contributed by atoms with Crippen molar-refractivity contribution in [2.75, 3.05) is 20.8 Å². The van der Waals surface area contributed by atoms with Crippen molar-refractivity contribution < 1.29 is 23.8 Å². The van der Waals surface area contributed by atoms with Crippen molar-refractivity contribution in [1.29, 1.82) is 0 Å². The Morgan fingerprint density at radius 2 is 1.78 bits per heavy atom. The minimum Gasteiger partial charge on any atom is -0.503 e. The minimum atomic E-state index is -0.465. The molecule has 0 aromatic heterocycles. The maximum atomic E-state index is 12.2. The Hall–Kier alpha value is -3.28. The van der Waals surface area contributed by atoms with Gasteiger partial charge in [-0.3, -0.25) is 0 Å². The van der Waals surface area contributed by atoms with Crippen LogP contribution in [0.5, 0.6) is 5.75 Å². The summed E-state index contributed by atoms with van der Waals surface area (Å²) in [7, 11) is 2.84. The highest BCUT2D eigenvalue weighted by molar-refractivity contribution is 6.16. The van der Waals surface area contributed by atoms with Gasteiger partial charge in [-0.2, -0.15) is 0 Å². The summed E-state index contributed by atoms with van der Waals surface area (Å²) in [6.07, 6.45) is 3.09. The van der Waals surface area contributed by atoms with Gasteiger partial charge < -0.3 is 19.0 Å². The standard InChI is InChI=1S/C26H33NO5/c1-7-13-32-27-24(8-2)22-14-19(4)25(15-18(22)3)31-16-20-11-9-10-12-21(20)23(17-29-5)26(28)30-6/h9-12,14-15,17H,7-8,13,16H2,1-6H3. The molecule has 0 atom stereocenters. The molecule has 0 N–H and O–H groups in total. The summed E-state index contributed by atoms with van der Waals surface area (Å²) >= 11 is 0. The van der Waals surface area contributed by atoms with Crippen LogP contribution in [0.3, 0.4) is 0 Å². The van der Waals surface area contributed by atoms with Gasteiger partial charge in [-0.25, -0.2) is 4.79 Å². The Morgan fingerprint density at radius 1 is 1.03 bits per heavy atom. The van der Waals surface area contributed by atoms with Crippen molar-refractivity contribution in [2.45, 2.75) is 47.1 Å². The molecule has 0 spiro atoms. The van der Waals surface area contributed by atoms with Crippen LogP contribution in [0.15, 0.2) is 47.8 Å². The van der Waals surface area contributed by atoms with Gasteiger partial charge in [0.05, 0.1) is 26.2 Å². The zero-order valence-corrected chi connectivity index (χ0v) is 19.9. The largest absolute Gasteiger partial charge is 0.503 e. The predicted octanol–water partition coefficient (Wildman–Crippen LogP) is 5.58. The summed E-state index contributed by atoms with van der Waals surface area (Å²) in [4.78, 5) is 17.6. The average Bonchev–Trinajstić information content (AvgIpc) is 2.80. The van der Waals surface area contributed by atoms with E-state index in [0.29, 0.717) is 24.4 Å². The van der Waals surface area contributed by atoms with Gasteiger partial charge in [0.2, 0.25) is 0 Å². The molecule has 0 saturated heterocycles. The summed E-state index contributed by atoms with van der Waals surface area (Å²) < 4.78 is 16.2. The summed E-state index contributed by atoms with van der Waals surface area (Å²) in [6.45, 7) is 9.07. The molecule has 2 aromatic carbocycles. The number of carbonyl (C=O) groups excluding carboxylic acids is 1. The molecular weight excluding hydrogens is 406 g/mol. The number of carbonyl (C=O) groups is 1. The Morgan fingerprint density at radius 3 is 2.44 bits per heavy atom. The van der Waals surface area contributed by atoms with Crippen LogP contribution in [-0.2, 0) is 25.7 Å². The quantitative estimate of drug-likeness (QED) is 0.114. The number of rotatable bonds is 11. The maximum absolute atomic E-state index is 12.2. The fourth-order valence-corrected chi connectivity index (χ4v) is 3.29. The Bertz CT molecular complexity index is 978. The molecule has 0 bridgehead atoms. The van der Waals surface area contributed by atoms with Crippen LogP contribution in [0.25, 0.3) is 5.57 Å². The van der Waals surface area contributed by atoms with Crippen LogP contribution in [-0.4, -0.2) is 32.5 Å². The fraction of sp³-hybridized carbons (Fsp3) is 0.385. The Balaban J connectivity index is 2.29. The van der Waals surface area contributed by atoms with E-state index in [4.69, 9.17) is 19.0 Å². The van der Waals surface area contributed by atoms with Gasteiger partial charge in [-0.15, -0.1) is 0 Å². The van der Waals surface area contributed by atoms with Crippen molar-refractivity contribution in [2.24, 2.45) is 5.16 Å². The van der Waals surface area contributed by atoms with E-state index in [1.54, 1.807) is 0 Å². The molecule has 2 aromatic rings. The molecule has 6 heteroatoms. The first-order chi connectivity index (χ1) is 15.5. The highest BCUT2D eigenvalue weighted by atomic mass is 16.6. The number of nitrogens with zero attached hydrogens (tertiary/aromatic N) is 1. The lowest BCUT2D eigenvalue weighted by Gasteiger charge is -2.16. The van der Waals surface area contributed by atoms with Gasteiger partial charge in [0, 0.05) is 5.56 Å². The molecule has 0 aliphatic heterocycles. The first-order valence-electron chi connectivity index (χ1n) is 10.8. The van der Waals surface area contributed by atoms with E-state index in [2.05, 4.69) is 25.1 Å². The summed E-state index contributed by atoms with van der Waals surface area (Å²) in [5.74, 6) is 0.314. The summed E-state index contributed by atoms with van der Waals surface area (Å²) in [5, 5.41) is 4.31. The number of ether oxygens (including phenoxy) is 3. The predicted molar refractivity (Wildman–Crippen MR) is 127 cm³/mol. The van der Waals surface area contributed by atoms with Gasteiger partial charge in [-0.05, 0) is 61.1 Å². The second kappa shape index (κ2) is 12.5. The van der Waals surface area contributed by atoms with Crippen LogP contribution in [0.1, 0.15) is 54.5 Å². The van der Waals surface area contributed by atoms with E-state index in [9.17, 15) is 4.79 Å². The third kappa shape index (κ3) is 6.36. The zero-order valence-electron chi connectivity index (χ0n) is 19.9. The first kappa shape index (κ1) is 25.0. The number of aryl methyl sites for hydroxylation is 2. The molecule has 0 amide bonds. The van der Waals surface area contributed by atoms with E-state index in [-0.39, 0.29) is 0 Å². The lowest BCUT2D eigenvalue weighted by atomic mass is 9.99. The molecule has 6 nitrogen and oxygen atoms in total. The molecular formula is C26H33NO5. The zero-order chi connectivity index (χ0) is 23.5. The lowest BCUT2D eigenvalue weighted by Crippen LogP contribution is -2.09. The van der Waals surface area contributed by atoms with Gasteiger partial charge in [0.15, 0.2) is 0 Å². The van der Waals surface area contributed by atoms with Crippen molar-refractivity contribution in [3.05, 3.63) is 70.5 Å². The lowest BCUT2D eigenvalue weighted by molar-refractivity contribution is -0.133. The van der Waals surface area contributed by atoms with Crippen molar-refractivity contribution in [3.63, 3.8) is 0 Å². The van der Waals surface area contributed by atoms with Crippen molar-refractivity contribution in [3.8, 4) is 5.75 Å². The third-order valence-electron chi connectivity index (χ3n) is 4.97. The Kier molecular flexibility index (Phi) is 9.79. The number of hydrogen-bond acceptors (Lipinski definition) is 6. The van der Waals surface area contributed by atoms with Gasteiger partial charge >= 0.3 is 5.97 Å². The average molecular weight is 440 g/mol. The topological polar surface area (TPSA) is 66.3 Å². The van der Waals surface area contributed by atoms with E-state index in [1.807, 2.05) is 44.2 Å². The highest BCUT2D eigenvalue weighted by Crippen LogP contribution is 2.27. The van der Waals surface area contributed by atoms with Gasteiger partial charge in [0.25, 0.3) is 0 Å². The molecule has 0 radical (unpaired) electrons. The minimum absolute atomic E-state index is 0.294. The number of methoxy groups -OCH3 is 2.